The number of nitrogens with zero attached hydrogens (tertiary/aromatic N) is 8. The molecule has 18 heteroatoms. The average molecular weight is 849 g/mol. The van der Waals surface area contributed by atoms with Gasteiger partial charge in [0.05, 0.1) is 34.5 Å². The molecule has 2 saturated heterocycles. The summed E-state index contributed by atoms with van der Waals surface area (Å²) in [5, 5.41) is 24.7. The molecule has 5 aromatic rings. The van der Waals surface area contributed by atoms with Gasteiger partial charge in [-0.25, -0.2) is 28.9 Å². The lowest BCUT2D eigenvalue weighted by molar-refractivity contribution is -0.121. The molecule has 1 aromatic carbocycles. The zero-order chi connectivity index (χ0) is 43.9. The number of primary amides is 2. The molecule has 8 N–H and O–H groups in total. The van der Waals surface area contributed by atoms with E-state index in [1.54, 1.807) is 21.9 Å². The molecular formula is C44H60N14O4. The smallest absolute Gasteiger partial charge is 0.314 e. The van der Waals surface area contributed by atoms with Crippen molar-refractivity contribution < 1.29 is 19.2 Å². The van der Waals surface area contributed by atoms with Gasteiger partial charge < -0.3 is 42.5 Å². The van der Waals surface area contributed by atoms with Crippen LogP contribution in [0.1, 0.15) is 98.2 Å². The molecule has 0 atom stereocenters. The quantitative estimate of drug-likeness (QED) is 0.0817. The number of nitrogens with one attached hydrogen (secondary N) is 4. The Labute approximate surface area is 361 Å². The van der Waals surface area contributed by atoms with Crippen molar-refractivity contribution in [2.75, 3.05) is 36.8 Å². The largest absolute Gasteiger partial charge is 0.381 e. The number of carbonyl (C=O) groups is 4. The molecule has 0 saturated carbocycles. The van der Waals surface area contributed by atoms with Crippen LogP contribution in [0.15, 0.2) is 36.7 Å². The number of benzene rings is 1. The van der Waals surface area contributed by atoms with E-state index in [0.717, 1.165) is 87.2 Å². The Morgan fingerprint density at radius 3 is 1.53 bits per heavy atom. The maximum atomic E-state index is 13.6. The summed E-state index contributed by atoms with van der Waals surface area (Å²) in [5.74, 6) is -0.311. The summed E-state index contributed by atoms with van der Waals surface area (Å²) >= 11 is 0. The second-order valence-corrected chi connectivity index (χ2v) is 16.1. The van der Waals surface area contributed by atoms with Crippen molar-refractivity contribution in [3.05, 3.63) is 70.3 Å². The summed E-state index contributed by atoms with van der Waals surface area (Å²) in [4.78, 5) is 63.7. The van der Waals surface area contributed by atoms with E-state index in [4.69, 9.17) is 21.4 Å². The fourth-order valence-electron chi connectivity index (χ4n) is 8.63. The number of piperidine rings is 2. The van der Waals surface area contributed by atoms with E-state index in [1.807, 2.05) is 47.7 Å². The number of nitrogens with two attached hydrogens (primary N) is 2. The Bertz CT molecular complexity index is 2410. The maximum Gasteiger partial charge on any atom is 0.314 e. The van der Waals surface area contributed by atoms with Crippen LogP contribution in [0.2, 0.25) is 0 Å². The first-order valence-electron chi connectivity index (χ1n) is 22.0. The van der Waals surface area contributed by atoms with Gasteiger partial charge in [0.2, 0.25) is 5.91 Å². The number of rotatable bonds is 16. The summed E-state index contributed by atoms with van der Waals surface area (Å²) in [7, 11) is 0. The number of carbonyl (C=O) groups excluding carboxylic acids is 4. The van der Waals surface area contributed by atoms with Gasteiger partial charge >= 0.3 is 12.1 Å². The first kappa shape index (κ1) is 43.6. The van der Waals surface area contributed by atoms with Gasteiger partial charge in [-0.1, -0.05) is 26.0 Å². The van der Waals surface area contributed by atoms with E-state index < -0.39 is 12.1 Å². The van der Waals surface area contributed by atoms with Crippen LogP contribution in [0.4, 0.5) is 21.0 Å². The van der Waals surface area contributed by atoms with Crippen molar-refractivity contribution in [1.82, 2.24) is 50.0 Å². The van der Waals surface area contributed by atoms with E-state index in [0.29, 0.717) is 70.6 Å². The summed E-state index contributed by atoms with van der Waals surface area (Å²) in [6.45, 7) is 12.4. The minimum absolute atomic E-state index is 0.0939. The van der Waals surface area contributed by atoms with Gasteiger partial charge in [0.25, 0.3) is 5.91 Å². The van der Waals surface area contributed by atoms with Crippen LogP contribution in [-0.2, 0) is 50.2 Å². The summed E-state index contributed by atoms with van der Waals surface area (Å²) in [6, 6.07) is 6.79. The standard InChI is InChI=1S/C44H60N14O4/c1-5-35-31(38(33-25-49-57(7-3)40(33)53-35)51-29-15-19-55(20-16-29)43(45)61)23-47-37(59)14-11-27-9-12-28(13-10-27)42(60)48-24-32-36(6-2)54-41-34(26-50-58(41)8-4)39(32)52-30-17-21-56(22-18-30)44(46)62/h9-10,12-13,25-26,29-30H,5-8,11,14-24H2,1-4H3,(H2,45,61)(H2,46,62)(H,47,59)(H,48,60)(H,51,53)(H,52,54). The predicted molar refractivity (Wildman–Crippen MR) is 239 cm³/mol. The van der Waals surface area contributed by atoms with Crippen molar-refractivity contribution in [3.8, 4) is 0 Å². The molecule has 7 rings (SSSR count). The molecule has 0 aliphatic carbocycles. The minimum Gasteiger partial charge on any atom is -0.381 e. The third-order valence-corrected chi connectivity index (χ3v) is 12.3. The predicted octanol–water partition coefficient (Wildman–Crippen LogP) is 4.43. The highest BCUT2D eigenvalue weighted by Crippen LogP contribution is 2.33. The van der Waals surface area contributed by atoms with Crippen LogP contribution in [0.5, 0.6) is 0 Å². The van der Waals surface area contributed by atoms with Gasteiger partial charge in [0.15, 0.2) is 11.3 Å². The molecule has 6 heterocycles. The number of amides is 6. The molecular weight excluding hydrogens is 789 g/mol. The van der Waals surface area contributed by atoms with Crippen LogP contribution in [0.25, 0.3) is 22.1 Å². The average Bonchev–Trinajstić information content (AvgIpc) is 3.91. The van der Waals surface area contributed by atoms with Gasteiger partial charge in [0, 0.05) is 98.9 Å². The normalized spacial score (nSPS) is 15.0. The summed E-state index contributed by atoms with van der Waals surface area (Å²) in [6.07, 6.45) is 8.77. The van der Waals surface area contributed by atoms with Gasteiger partial charge in [-0.2, -0.15) is 10.2 Å². The minimum atomic E-state index is -0.403. The van der Waals surface area contributed by atoms with E-state index >= 15 is 0 Å². The zero-order valence-corrected chi connectivity index (χ0v) is 36.3. The summed E-state index contributed by atoms with van der Waals surface area (Å²) in [5.41, 5.74) is 19.6. The number of aryl methyl sites for hydroxylation is 5. The summed E-state index contributed by atoms with van der Waals surface area (Å²) < 4.78 is 3.76. The van der Waals surface area contributed by atoms with E-state index in [1.165, 1.54) is 0 Å². The number of aromatic nitrogens is 6. The number of anilines is 2. The highest BCUT2D eigenvalue weighted by Gasteiger charge is 2.27. The monoisotopic (exact) mass is 848 g/mol. The fourth-order valence-corrected chi connectivity index (χ4v) is 8.63. The highest BCUT2D eigenvalue weighted by molar-refractivity contribution is 5.95. The van der Waals surface area contributed by atoms with Gasteiger partial charge in [-0.15, -0.1) is 0 Å². The Balaban J connectivity index is 0.982. The lowest BCUT2D eigenvalue weighted by Crippen LogP contribution is -2.44. The van der Waals surface area contributed by atoms with Crippen molar-refractivity contribution in [2.24, 2.45) is 11.5 Å². The van der Waals surface area contributed by atoms with Crippen molar-refractivity contribution >= 4 is 57.3 Å². The first-order valence-corrected chi connectivity index (χ1v) is 22.0. The van der Waals surface area contributed by atoms with Crippen LogP contribution < -0.4 is 32.7 Å². The molecule has 0 unspecified atom stereocenters. The van der Waals surface area contributed by atoms with Gasteiger partial charge in [-0.05, 0) is 76.5 Å². The van der Waals surface area contributed by atoms with Crippen LogP contribution in [-0.4, -0.2) is 101 Å². The Morgan fingerprint density at radius 1 is 0.661 bits per heavy atom. The van der Waals surface area contributed by atoms with Gasteiger partial charge in [0.1, 0.15) is 0 Å². The van der Waals surface area contributed by atoms with Crippen molar-refractivity contribution in [1.29, 1.82) is 0 Å². The molecule has 6 amide bonds. The number of fused-ring (bicyclic) bond motifs is 2. The number of hydrogen-bond acceptors (Lipinski definition) is 10. The second kappa shape index (κ2) is 19.5. The Morgan fingerprint density at radius 2 is 1.11 bits per heavy atom. The van der Waals surface area contributed by atoms with Crippen LogP contribution in [0.3, 0.4) is 0 Å². The molecule has 2 aliphatic heterocycles. The number of hydrogen-bond donors (Lipinski definition) is 6. The van der Waals surface area contributed by atoms with E-state index in [2.05, 4.69) is 45.3 Å². The molecule has 4 aromatic heterocycles. The molecule has 62 heavy (non-hydrogen) atoms. The molecule has 0 radical (unpaired) electrons. The third kappa shape index (κ3) is 9.53. The number of likely N-dealkylation sites (tertiary alicyclic amines) is 2. The number of pyridine rings is 2. The third-order valence-electron chi connectivity index (χ3n) is 12.3. The Kier molecular flexibility index (Phi) is 13.7. The van der Waals surface area contributed by atoms with Crippen LogP contribution >= 0.6 is 0 Å². The molecule has 330 valence electrons. The topological polar surface area (TPSA) is 236 Å². The number of urea groups is 2. The first-order chi connectivity index (χ1) is 30.0. The van der Waals surface area contributed by atoms with Crippen molar-refractivity contribution in [2.45, 2.75) is 117 Å². The molecule has 2 aliphatic rings. The lowest BCUT2D eigenvalue weighted by atomic mass is 10.0. The second-order valence-electron chi connectivity index (χ2n) is 16.1. The fraction of sp³-hybridized carbons (Fsp3) is 0.500. The lowest BCUT2D eigenvalue weighted by Gasteiger charge is -2.32. The van der Waals surface area contributed by atoms with Crippen molar-refractivity contribution in [3.63, 3.8) is 0 Å². The molecule has 18 nitrogen and oxygen atoms in total. The SMILES string of the molecule is CCc1nc2c(cnn2CC)c(NC2CCN(C(N)=O)CC2)c1CNC(=O)CCc1ccc(C(=O)NCc2c(CC)nc3c(cnn3CC)c2NC2CCN(C(N)=O)CC2)cc1. The zero-order valence-electron chi connectivity index (χ0n) is 36.3. The molecule has 2 fully saturated rings. The van der Waals surface area contributed by atoms with E-state index in [9.17, 15) is 19.2 Å². The van der Waals surface area contributed by atoms with Crippen LogP contribution in [0, 0.1) is 0 Å². The molecule has 0 bridgehead atoms. The molecule has 0 spiro atoms. The maximum absolute atomic E-state index is 13.6. The van der Waals surface area contributed by atoms with Gasteiger partial charge in [-0.3, -0.25) is 9.59 Å². The highest BCUT2D eigenvalue weighted by atomic mass is 16.2. The Hall–Kier alpha value is -6.46. The van der Waals surface area contributed by atoms with E-state index in [-0.39, 0.29) is 36.9 Å².